The average Bonchev–Trinajstić information content (AvgIpc) is 2.16. The van der Waals surface area contributed by atoms with Gasteiger partial charge in [-0.1, -0.05) is 20.8 Å². The maximum atomic E-state index is 11.7. The third kappa shape index (κ3) is 2.09. The molecule has 1 aliphatic heterocycles. The molecule has 0 aromatic heterocycles. The van der Waals surface area contributed by atoms with Gasteiger partial charge in [0.05, 0.1) is 12.6 Å². The van der Waals surface area contributed by atoms with Crippen LogP contribution in [0.25, 0.3) is 0 Å². The second-order valence-electron chi connectivity index (χ2n) is 5.32. The van der Waals surface area contributed by atoms with Crippen LogP contribution in [0.5, 0.6) is 0 Å². The Morgan fingerprint density at radius 1 is 1.47 bits per heavy atom. The molecule has 0 aromatic carbocycles. The quantitative estimate of drug-likeness (QED) is 0.664. The summed E-state index contributed by atoms with van der Waals surface area (Å²) in [4.78, 5) is 13.5. The smallest absolute Gasteiger partial charge is 0.410 e. The highest BCUT2D eigenvalue weighted by atomic mass is 16.5. The van der Waals surface area contributed by atoms with Gasteiger partial charge in [0.1, 0.15) is 0 Å². The van der Waals surface area contributed by atoms with Gasteiger partial charge in [0.25, 0.3) is 0 Å². The van der Waals surface area contributed by atoms with Crippen molar-refractivity contribution in [3.63, 3.8) is 0 Å². The molecule has 0 saturated carbocycles. The molecule has 15 heavy (non-hydrogen) atoms. The number of nitrogens with one attached hydrogen (secondary N) is 1. The fourth-order valence-electron chi connectivity index (χ4n) is 1.94. The lowest BCUT2D eigenvalue weighted by atomic mass is 9.73. The van der Waals surface area contributed by atoms with Gasteiger partial charge in [-0.15, -0.1) is 0 Å². The highest BCUT2D eigenvalue weighted by Gasteiger charge is 2.46. The van der Waals surface area contributed by atoms with E-state index in [2.05, 4.69) is 33.0 Å². The average molecular weight is 214 g/mol. The molecule has 1 saturated heterocycles. The van der Waals surface area contributed by atoms with Crippen LogP contribution in [0.1, 0.15) is 27.7 Å². The fraction of sp³-hybridized carbons (Fsp3) is 0.909. The van der Waals surface area contributed by atoms with Crippen LogP contribution in [0.4, 0.5) is 4.79 Å². The minimum absolute atomic E-state index is 0.0224. The summed E-state index contributed by atoms with van der Waals surface area (Å²) in [5.41, 5.74) is -0.174. The van der Waals surface area contributed by atoms with Gasteiger partial charge in [0.2, 0.25) is 0 Å². The molecular formula is C11H22N2O2. The van der Waals surface area contributed by atoms with Crippen molar-refractivity contribution in [2.45, 2.75) is 33.2 Å². The Hall–Kier alpha value is -0.770. The van der Waals surface area contributed by atoms with Gasteiger partial charge >= 0.3 is 6.09 Å². The highest BCUT2D eigenvalue weighted by Crippen LogP contribution is 2.36. The van der Waals surface area contributed by atoms with E-state index in [-0.39, 0.29) is 17.0 Å². The molecule has 0 spiro atoms. The Kier molecular flexibility index (Phi) is 3.28. The summed E-state index contributed by atoms with van der Waals surface area (Å²) in [6.45, 7) is 10.9. The van der Waals surface area contributed by atoms with E-state index in [4.69, 9.17) is 4.74 Å². The number of piperazine rings is 1. The molecule has 1 N–H and O–H groups in total. The van der Waals surface area contributed by atoms with E-state index in [0.717, 1.165) is 13.1 Å². The standard InChI is InChI=1S/C11H22N2O2/c1-10(2,3)11(4)8-12-6-7-13(11)9(14)15-5/h12H,6-8H2,1-5H3/t11-/m1/s1. The summed E-state index contributed by atoms with van der Waals surface area (Å²) in [7, 11) is 1.44. The Labute approximate surface area is 92.0 Å². The summed E-state index contributed by atoms with van der Waals surface area (Å²) in [6.07, 6.45) is -0.228. The van der Waals surface area contributed by atoms with Crippen molar-refractivity contribution in [2.75, 3.05) is 26.7 Å². The fourth-order valence-corrected chi connectivity index (χ4v) is 1.94. The van der Waals surface area contributed by atoms with Gasteiger partial charge in [-0.05, 0) is 12.3 Å². The van der Waals surface area contributed by atoms with E-state index in [1.807, 2.05) is 4.90 Å². The Balaban J connectivity index is 2.96. The SMILES string of the molecule is COC(=O)N1CCNC[C@]1(C)C(C)(C)C. The van der Waals surface area contributed by atoms with Gasteiger partial charge in [0, 0.05) is 19.6 Å². The minimum Gasteiger partial charge on any atom is -0.453 e. The number of rotatable bonds is 0. The first-order valence-corrected chi connectivity index (χ1v) is 5.39. The maximum absolute atomic E-state index is 11.7. The third-order valence-corrected chi connectivity index (χ3v) is 3.59. The number of nitrogens with zero attached hydrogens (tertiary/aromatic N) is 1. The van der Waals surface area contributed by atoms with Crippen molar-refractivity contribution in [1.82, 2.24) is 10.2 Å². The third-order valence-electron chi connectivity index (χ3n) is 3.59. The van der Waals surface area contributed by atoms with Gasteiger partial charge in [-0.2, -0.15) is 0 Å². The molecule has 1 heterocycles. The number of methoxy groups -OCH3 is 1. The molecule has 1 rings (SSSR count). The van der Waals surface area contributed by atoms with E-state index < -0.39 is 0 Å². The molecule has 0 bridgehead atoms. The molecule has 0 radical (unpaired) electrons. The van der Waals surface area contributed by atoms with Crippen LogP contribution in [0.2, 0.25) is 0 Å². The molecule has 4 heteroatoms. The maximum Gasteiger partial charge on any atom is 0.410 e. The topological polar surface area (TPSA) is 41.6 Å². The van der Waals surface area contributed by atoms with E-state index in [9.17, 15) is 4.79 Å². The van der Waals surface area contributed by atoms with Crippen LogP contribution < -0.4 is 5.32 Å². The van der Waals surface area contributed by atoms with Crippen molar-refractivity contribution in [3.8, 4) is 0 Å². The Morgan fingerprint density at radius 3 is 2.53 bits per heavy atom. The summed E-state index contributed by atoms with van der Waals surface area (Å²) < 4.78 is 4.84. The zero-order valence-corrected chi connectivity index (χ0v) is 10.4. The Bertz CT molecular complexity index is 247. The monoisotopic (exact) mass is 214 g/mol. The van der Waals surface area contributed by atoms with Gasteiger partial charge in [-0.3, -0.25) is 4.90 Å². The first-order chi connectivity index (χ1) is 6.83. The number of hydrogen-bond acceptors (Lipinski definition) is 3. The van der Waals surface area contributed by atoms with Crippen LogP contribution in [-0.2, 0) is 4.74 Å². The van der Waals surface area contributed by atoms with Crippen molar-refractivity contribution in [1.29, 1.82) is 0 Å². The van der Waals surface area contributed by atoms with Crippen molar-refractivity contribution >= 4 is 6.09 Å². The lowest BCUT2D eigenvalue weighted by Gasteiger charge is -2.52. The molecule has 0 aliphatic carbocycles. The largest absolute Gasteiger partial charge is 0.453 e. The summed E-state index contributed by atoms with van der Waals surface area (Å²) in [5, 5.41) is 3.34. The predicted molar refractivity (Wildman–Crippen MR) is 59.8 cm³/mol. The zero-order chi connectivity index (χ0) is 11.7. The summed E-state index contributed by atoms with van der Waals surface area (Å²) in [5.74, 6) is 0. The first kappa shape index (κ1) is 12.3. The molecule has 0 unspecified atom stereocenters. The van der Waals surface area contributed by atoms with Crippen LogP contribution >= 0.6 is 0 Å². The van der Waals surface area contributed by atoms with E-state index in [1.54, 1.807) is 0 Å². The number of carbonyl (C=O) groups excluding carboxylic acids is 1. The van der Waals surface area contributed by atoms with Gasteiger partial charge < -0.3 is 10.1 Å². The molecule has 0 aromatic rings. The van der Waals surface area contributed by atoms with E-state index in [1.165, 1.54) is 7.11 Å². The Morgan fingerprint density at radius 2 is 2.07 bits per heavy atom. The first-order valence-electron chi connectivity index (χ1n) is 5.39. The zero-order valence-electron chi connectivity index (χ0n) is 10.4. The van der Waals surface area contributed by atoms with E-state index in [0.29, 0.717) is 6.54 Å². The van der Waals surface area contributed by atoms with E-state index >= 15 is 0 Å². The summed E-state index contributed by atoms with van der Waals surface area (Å²) in [6, 6.07) is 0. The van der Waals surface area contributed by atoms with Crippen molar-refractivity contribution in [2.24, 2.45) is 5.41 Å². The lowest BCUT2D eigenvalue weighted by molar-refractivity contribution is -0.00708. The molecule has 1 atom stereocenters. The van der Waals surface area contributed by atoms with Crippen LogP contribution in [0.15, 0.2) is 0 Å². The number of hydrogen-bond donors (Lipinski definition) is 1. The second kappa shape index (κ2) is 4.00. The number of ether oxygens (including phenoxy) is 1. The van der Waals surface area contributed by atoms with Crippen LogP contribution in [0, 0.1) is 5.41 Å². The van der Waals surface area contributed by atoms with Gasteiger partial charge in [-0.25, -0.2) is 4.79 Å². The normalized spacial score (nSPS) is 27.7. The predicted octanol–water partition coefficient (Wildman–Crippen LogP) is 1.46. The molecule has 1 aliphatic rings. The minimum atomic E-state index is -0.228. The summed E-state index contributed by atoms with van der Waals surface area (Å²) >= 11 is 0. The van der Waals surface area contributed by atoms with Crippen LogP contribution in [0.3, 0.4) is 0 Å². The molecule has 1 amide bonds. The molecule has 1 fully saturated rings. The molecular weight excluding hydrogens is 192 g/mol. The lowest BCUT2D eigenvalue weighted by Crippen LogP contribution is -2.66. The molecule has 88 valence electrons. The second-order valence-corrected chi connectivity index (χ2v) is 5.32. The van der Waals surface area contributed by atoms with Crippen LogP contribution in [-0.4, -0.2) is 43.3 Å². The highest BCUT2D eigenvalue weighted by molar-refractivity contribution is 5.69. The van der Waals surface area contributed by atoms with Gasteiger partial charge in [0.15, 0.2) is 0 Å². The number of carbonyl (C=O) groups is 1. The van der Waals surface area contributed by atoms with Crippen molar-refractivity contribution in [3.05, 3.63) is 0 Å². The van der Waals surface area contributed by atoms with Crippen molar-refractivity contribution < 1.29 is 9.53 Å². The molecule has 4 nitrogen and oxygen atoms in total. The number of amides is 1.